The Morgan fingerprint density at radius 3 is 2.48 bits per heavy atom. The maximum atomic E-state index is 13.1. The highest BCUT2D eigenvalue weighted by Crippen LogP contribution is 2.42. The first-order chi connectivity index (χ1) is 15.9. The van der Waals surface area contributed by atoms with Gasteiger partial charge in [0.05, 0.1) is 23.9 Å². The van der Waals surface area contributed by atoms with Crippen molar-refractivity contribution in [2.75, 3.05) is 12.4 Å². The molecule has 6 nitrogen and oxygen atoms in total. The number of aromatic nitrogens is 1. The fourth-order valence-corrected chi connectivity index (χ4v) is 4.80. The van der Waals surface area contributed by atoms with Crippen molar-refractivity contribution >= 4 is 22.4 Å². The number of ether oxygens (including phenoxy) is 1. The Hall–Kier alpha value is -3.28. The van der Waals surface area contributed by atoms with E-state index in [1.165, 1.54) is 26.0 Å². The second kappa shape index (κ2) is 8.58. The van der Waals surface area contributed by atoms with Crippen molar-refractivity contribution < 1.29 is 19.7 Å². The molecule has 2 saturated carbocycles. The second-order valence-corrected chi connectivity index (χ2v) is 9.56. The SMILES string of the molecule is COc1cc(-c2ccc3ncc(C(=O)C4CC4)c(NC4CCC(C)CC4)c3c2)cc(O)c1O. The zero-order valence-electron chi connectivity index (χ0n) is 19.1. The van der Waals surface area contributed by atoms with E-state index in [9.17, 15) is 15.0 Å². The zero-order valence-corrected chi connectivity index (χ0v) is 19.1. The second-order valence-electron chi connectivity index (χ2n) is 9.56. The Labute approximate surface area is 193 Å². The van der Waals surface area contributed by atoms with Gasteiger partial charge >= 0.3 is 0 Å². The van der Waals surface area contributed by atoms with Gasteiger partial charge in [0.25, 0.3) is 0 Å². The van der Waals surface area contributed by atoms with Gasteiger partial charge in [0.1, 0.15) is 0 Å². The highest BCUT2D eigenvalue weighted by atomic mass is 16.5. The Morgan fingerprint density at radius 2 is 1.79 bits per heavy atom. The first-order valence-electron chi connectivity index (χ1n) is 11.8. The van der Waals surface area contributed by atoms with Gasteiger partial charge in [-0.15, -0.1) is 0 Å². The quantitative estimate of drug-likeness (QED) is 0.322. The van der Waals surface area contributed by atoms with Crippen molar-refractivity contribution in [1.82, 2.24) is 4.98 Å². The number of pyridine rings is 1. The molecule has 2 aromatic carbocycles. The number of ketones is 1. The molecule has 172 valence electrons. The maximum Gasteiger partial charge on any atom is 0.200 e. The van der Waals surface area contributed by atoms with E-state index in [0.29, 0.717) is 17.2 Å². The van der Waals surface area contributed by atoms with Crippen LogP contribution in [-0.2, 0) is 0 Å². The number of carbonyl (C=O) groups is 1. The number of phenols is 2. The summed E-state index contributed by atoms with van der Waals surface area (Å²) in [4.78, 5) is 17.7. The van der Waals surface area contributed by atoms with Crippen LogP contribution in [0.5, 0.6) is 17.2 Å². The first kappa shape index (κ1) is 21.6. The lowest BCUT2D eigenvalue weighted by atomic mass is 9.87. The summed E-state index contributed by atoms with van der Waals surface area (Å²) in [6.45, 7) is 2.30. The minimum atomic E-state index is -0.282. The molecule has 6 heteroatoms. The molecule has 2 aliphatic rings. The van der Waals surface area contributed by atoms with Crippen molar-refractivity contribution in [3.8, 4) is 28.4 Å². The van der Waals surface area contributed by atoms with Crippen molar-refractivity contribution in [3.63, 3.8) is 0 Å². The van der Waals surface area contributed by atoms with Crippen LogP contribution in [0.3, 0.4) is 0 Å². The summed E-state index contributed by atoms with van der Waals surface area (Å²) in [5, 5.41) is 24.8. The Balaban J connectivity index is 1.62. The number of nitrogens with zero attached hydrogens (tertiary/aromatic N) is 1. The van der Waals surface area contributed by atoms with E-state index in [1.807, 2.05) is 18.2 Å². The minimum Gasteiger partial charge on any atom is -0.504 e. The summed E-state index contributed by atoms with van der Waals surface area (Å²) in [7, 11) is 1.45. The van der Waals surface area contributed by atoms with Crippen LogP contribution in [-0.4, -0.2) is 34.1 Å². The first-order valence-corrected chi connectivity index (χ1v) is 11.8. The number of aromatic hydroxyl groups is 2. The van der Waals surface area contributed by atoms with Gasteiger partial charge in [-0.1, -0.05) is 13.0 Å². The molecule has 0 saturated heterocycles. The average molecular weight is 447 g/mol. The van der Waals surface area contributed by atoms with Gasteiger partial charge in [-0.05, 0) is 79.8 Å². The van der Waals surface area contributed by atoms with Crippen LogP contribution in [0.25, 0.3) is 22.0 Å². The lowest BCUT2D eigenvalue weighted by Gasteiger charge is -2.29. The van der Waals surface area contributed by atoms with Crippen LogP contribution in [0.1, 0.15) is 55.8 Å². The van der Waals surface area contributed by atoms with Gasteiger partial charge in [-0.25, -0.2) is 0 Å². The number of hydrogen-bond donors (Lipinski definition) is 3. The van der Waals surface area contributed by atoms with Gasteiger partial charge in [0.15, 0.2) is 17.3 Å². The van der Waals surface area contributed by atoms with E-state index >= 15 is 0 Å². The highest BCUT2D eigenvalue weighted by molar-refractivity contribution is 6.10. The lowest BCUT2D eigenvalue weighted by Crippen LogP contribution is -2.26. The van der Waals surface area contributed by atoms with Crippen LogP contribution in [0, 0.1) is 11.8 Å². The standard InChI is InChI=1S/C27H30N2O4/c1-15-3-8-19(9-4-15)29-25-20-11-17(18-12-23(30)27(32)24(13-18)33-2)7-10-22(20)28-14-21(25)26(31)16-5-6-16/h7,10-16,19,30,32H,3-6,8-9H2,1-2H3,(H,28,29). The fourth-order valence-electron chi connectivity index (χ4n) is 4.80. The van der Waals surface area contributed by atoms with E-state index in [1.54, 1.807) is 12.3 Å². The Kier molecular flexibility index (Phi) is 5.60. The van der Waals surface area contributed by atoms with Gasteiger partial charge in [-0.2, -0.15) is 0 Å². The van der Waals surface area contributed by atoms with Crippen LogP contribution in [0.2, 0.25) is 0 Å². The molecule has 2 fully saturated rings. The van der Waals surface area contributed by atoms with E-state index < -0.39 is 0 Å². The van der Waals surface area contributed by atoms with E-state index in [2.05, 4.69) is 17.2 Å². The Bertz CT molecular complexity index is 1210. The predicted molar refractivity (Wildman–Crippen MR) is 129 cm³/mol. The lowest BCUT2D eigenvalue weighted by molar-refractivity contribution is 0.0968. The number of rotatable bonds is 6. The van der Waals surface area contributed by atoms with Gasteiger partial charge in [0.2, 0.25) is 5.75 Å². The number of Topliss-reactive ketones (excluding diaryl/α,β-unsaturated/α-hetero) is 1. The molecule has 0 spiro atoms. The fraction of sp³-hybridized carbons (Fsp3) is 0.407. The molecule has 0 atom stereocenters. The molecule has 0 radical (unpaired) electrons. The van der Waals surface area contributed by atoms with Crippen LogP contribution in [0.4, 0.5) is 5.69 Å². The van der Waals surface area contributed by atoms with E-state index in [0.717, 1.165) is 53.8 Å². The molecule has 2 aliphatic carbocycles. The molecule has 0 unspecified atom stereocenters. The molecule has 0 aliphatic heterocycles. The molecule has 1 aromatic heterocycles. The molecule has 1 heterocycles. The van der Waals surface area contributed by atoms with E-state index in [-0.39, 0.29) is 28.9 Å². The third-order valence-corrected chi connectivity index (χ3v) is 7.05. The van der Waals surface area contributed by atoms with Crippen LogP contribution >= 0.6 is 0 Å². The average Bonchev–Trinajstić information content (AvgIpc) is 3.67. The summed E-state index contributed by atoms with van der Waals surface area (Å²) < 4.78 is 5.21. The number of nitrogens with one attached hydrogen (secondary N) is 1. The van der Waals surface area contributed by atoms with Gasteiger partial charge < -0.3 is 20.3 Å². The topological polar surface area (TPSA) is 91.7 Å². The molecular weight excluding hydrogens is 416 g/mol. The highest BCUT2D eigenvalue weighted by Gasteiger charge is 2.33. The number of carbonyl (C=O) groups excluding carboxylic acids is 1. The summed E-state index contributed by atoms with van der Waals surface area (Å²) in [5.41, 5.74) is 3.91. The third kappa shape index (κ3) is 4.22. The van der Waals surface area contributed by atoms with Gasteiger partial charge in [-0.3, -0.25) is 9.78 Å². The van der Waals surface area contributed by atoms with Crippen molar-refractivity contribution in [3.05, 3.63) is 42.1 Å². The smallest absolute Gasteiger partial charge is 0.200 e. The van der Waals surface area contributed by atoms with Crippen molar-refractivity contribution in [2.45, 2.75) is 51.5 Å². The number of methoxy groups -OCH3 is 1. The largest absolute Gasteiger partial charge is 0.504 e. The maximum absolute atomic E-state index is 13.1. The molecule has 3 aromatic rings. The summed E-state index contributed by atoms with van der Waals surface area (Å²) >= 11 is 0. The third-order valence-electron chi connectivity index (χ3n) is 7.05. The molecule has 33 heavy (non-hydrogen) atoms. The monoisotopic (exact) mass is 446 g/mol. The predicted octanol–water partition coefficient (Wildman–Crippen LogP) is 5.90. The molecule has 0 amide bonds. The molecular formula is C27H30N2O4. The molecule has 5 rings (SSSR count). The van der Waals surface area contributed by atoms with Crippen LogP contribution < -0.4 is 10.1 Å². The summed E-state index contributed by atoms with van der Waals surface area (Å²) in [5.74, 6) is 0.706. The minimum absolute atomic E-state index is 0.109. The number of anilines is 1. The van der Waals surface area contributed by atoms with Crippen molar-refractivity contribution in [2.24, 2.45) is 11.8 Å². The summed E-state index contributed by atoms with van der Waals surface area (Å²) in [6.07, 6.45) is 8.17. The van der Waals surface area contributed by atoms with Crippen molar-refractivity contribution in [1.29, 1.82) is 0 Å². The van der Waals surface area contributed by atoms with Gasteiger partial charge in [0, 0.05) is 23.5 Å². The van der Waals surface area contributed by atoms with Crippen LogP contribution in [0.15, 0.2) is 36.5 Å². The van der Waals surface area contributed by atoms with E-state index in [4.69, 9.17) is 4.74 Å². The summed E-state index contributed by atoms with van der Waals surface area (Å²) in [6, 6.07) is 9.40. The molecule has 0 bridgehead atoms. The number of fused-ring (bicyclic) bond motifs is 1. The number of hydrogen-bond acceptors (Lipinski definition) is 6. The molecule has 3 N–H and O–H groups in total. The Morgan fingerprint density at radius 1 is 1.03 bits per heavy atom. The number of phenolic OH excluding ortho intramolecular Hbond substituents is 2. The number of benzene rings is 2. The normalized spacial score (nSPS) is 20.5. The zero-order chi connectivity index (χ0) is 23.1.